The first-order valence-corrected chi connectivity index (χ1v) is 7.69. The fourth-order valence-corrected chi connectivity index (χ4v) is 2.54. The van der Waals surface area contributed by atoms with Crippen molar-refractivity contribution in [1.82, 2.24) is 5.32 Å². The molecule has 5 nitrogen and oxygen atoms in total. The van der Waals surface area contributed by atoms with E-state index in [-0.39, 0.29) is 5.91 Å². The Balaban J connectivity index is 2.60. The van der Waals surface area contributed by atoms with Crippen molar-refractivity contribution in [1.29, 1.82) is 0 Å². The molecule has 0 aliphatic heterocycles. The number of hydrogen-bond donors (Lipinski definition) is 2. The molecule has 0 spiro atoms. The first-order valence-electron chi connectivity index (χ1n) is 7.69. The van der Waals surface area contributed by atoms with Crippen molar-refractivity contribution in [2.75, 3.05) is 6.61 Å². The molecule has 1 aliphatic rings. The van der Waals surface area contributed by atoms with Crippen LogP contribution in [0, 0.1) is 0 Å². The Morgan fingerprint density at radius 3 is 2.35 bits per heavy atom. The zero-order valence-electron chi connectivity index (χ0n) is 12.6. The molecule has 1 atom stereocenters. The van der Waals surface area contributed by atoms with Gasteiger partial charge in [-0.3, -0.25) is 4.79 Å². The van der Waals surface area contributed by atoms with E-state index in [0.29, 0.717) is 19.4 Å². The van der Waals surface area contributed by atoms with E-state index in [1.54, 1.807) is 6.92 Å². The Morgan fingerprint density at radius 1 is 1.25 bits per heavy atom. The fourth-order valence-electron chi connectivity index (χ4n) is 2.54. The van der Waals surface area contributed by atoms with Gasteiger partial charge in [-0.05, 0) is 26.2 Å². The van der Waals surface area contributed by atoms with E-state index in [0.717, 1.165) is 38.5 Å². The highest BCUT2D eigenvalue weighted by atomic mass is 16.5. The SMILES string of the molecule is CCCCOC(C)C(=O)NC1(C(=O)O)CCCCCC1. The normalized spacial score (nSPS) is 19.9. The van der Waals surface area contributed by atoms with Gasteiger partial charge in [0.1, 0.15) is 11.6 Å². The zero-order chi connectivity index (χ0) is 15.0. The van der Waals surface area contributed by atoms with Crippen molar-refractivity contribution in [3.8, 4) is 0 Å². The second-order valence-corrected chi connectivity index (χ2v) is 5.66. The maximum Gasteiger partial charge on any atom is 0.329 e. The third-order valence-electron chi connectivity index (χ3n) is 3.96. The molecule has 0 heterocycles. The lowest BCUT2D eigenvalue weighted by atomic mass is 9.90. The Hall–Kier alpha value is -1.10. The first-order chi connectivity index (χ1) is 9.52. The molecular formula is C15H27NO4. The number of unbranched alkanes of at least 4 members (excludes halogenated alkanes) is 1. The van der Waals surface area contributed by atoms with E-state index in [1.165, 1.54) is 0 Å². The minimum absolute atomic E-state index is 0.314. The van der Waals surface area contributed by atoms with Crippen LogP contribution in [0.25, 0.3) is 0 Å². The highest BCUT2D eigenvalue weighted by Gasteiger charge is 2.40. The van der Waals surface area contributed by atoms with Gasteiger partial charge in [0, 0.05) is 6.61 Å². The molecule has 0 aromatic carbocycles. The van der Waals surface area contributed by atoms with Gasteiger partial charge in [-0.2, -0.15) is 0 Å². The number of nitrogens with one attached hydrogen (secondary N) is 1. The van der Waals surface area contributed by atoms with Crippen LogP contribution >= 0.6 is 0 Å². The van der Waals surface area contributed by atoms with Gasteiger partial charge in [-0.25, -0.2) is 4.79 Å². The van der Waals surface area contributed by atoms with Gasteiger partial charge >= 0.3 is 5.97 Å². The molecule has 1 aliphatic carbocycles. The molecule has 0 saturated heterocycles. The number of carbonyl (C=O) groups is 2. The minimum atomic E-state index is -1.10. The van der Waals surface area contributed by atoms with Crippen molar-refractivity contribution in [2.24, 2.45) is 0 Å². The number of carboxylic acid groups (broad SMARTS) is 1. The van der Waals surface area contributed by atoms with Crippen LogP contribution in [0.3, 0.4) is 0 Å². The number of aliphatic carboxylic acids is 1. The molecule has 0 bridgehead atoms. The standard InChI is InChI=1S/C15H27NO4/c1-3-4-11-20-12(2)13(17)16-15(14(18)19)9-7-5-6-8-10-15/h12H,3-11H2,1-2H3,(H,16,17)(H,18,19). The van der Waals surface area contributed by atoms with Gasteiger partial charge in [0.15, 0.2) is 0 Å². The summed E-state index contributed by atoms with van der Waals surface area (Å²) in [7, 11) is 0. The predicted octanol–water partition coefficient (Wildman–Crippen LogP) is 2.49. The molecule has 5 heteroatoms. The molecule has 0 radical (unpaired) electrons. The smallest absolute Gasteiger partial charge is 0.329 e. The average Bonchev–Trinajstić information content (AvgIpc) is 2.65. The van der Waals surface area contributed by atoms with E-state index in [1.807, 2.05) is 0 Å². The molecule has 1 unspecified atom stereocenters. The van der Waals surface area contributed by atoms with Gasteiger partial charge in [0.25, 0.3) is 0 Å². The molecular weight excluding hydrogens is 258 g/mol. The van der Waals surface area contributed by atoms with E-state index in [2.05, 4.69) is 12.2 Å². The van der Waals surface area contributed by atoms with Crippen LogP contribution in [0.5, 0.6) is 0 Å². The summed E-state index contributed by atoms with van der Waals surface area (Å²) in [4.78, 5) is 23.7. The van der Waals surface area contributed by atoms with Crippen LogP contribution in [-0.4, -0.2) is 35.2 Å². The van der Waals surface area contributed by atoms with Gasteiger partial charge in [-0.15, -0.1) is 0 Å². The summed E-state index contributed by atoms with van der Waals surface area (Å²) in [6.07, 6.45) is 6.10. The number of carbonyl (C=O) groups excluding carboxylic acids is 1. The molecule has 1 rings (SSSR count). The monoisotopic (exact) mass is 285 g/mol. The summed E-state index contributed by atoms with van der Waals surface area (Å²) in [5.74, 6) is -1.24. The lowest BCUT2D eigenvalue weighted by Crippen LogP contribution is -2.56. The predicted molar refractivity (Wildman–Crippen MR) is 76.5 cm³/mol. The van der Waals surface area contributed by atoms with Crippen molar-refractivity contribution >= 4 is 11.9 Å². The lowest BCUT2D eigenvalue weighted by Gasteiger charge is -2.30. The van der Waals surface area contributed by atoms with Crippen molar-refractivity contribution < 1.29 is 19.4 Å². The Kier molecular flexibility index (Phi) is 6.99. The summed E-state index contributed by atoms with van der Waals surface area (Å²) >= 11 is 0. The Morgan fingerprint density at radius 2 is 1.85 bits per heavy atom. The average molecular weight is 285 g/mol. The van der Waals surface area contributed by atoms with Crippen LogP contribution in [-0.2, 0) is 14.3 Å². The second kappa shape index (κ2) is 8.25. The van der Waals surface area contributed by atoms with E-state index >= 15 is 0 Å². The molecule has 2 N–H and O–H groups in total. The second-order valence-electron chi connectivity index (χ2n) is 5.66. The topological polar surface area (TPSA) is 75.6 Å². The Bertz CT molecular complexity index is 322. The molecule has 1 fully saturated rings. The van der Waals surface area contributed by atoms with E-state index < -0.39 is 17.6 Å². The van der Waals surface area contributed by atoms with Gasteiger partial charge in [0.05, 0.1) is 0 Å². The summed E-state index contributed by atoms with van der Waals surface area (Å²) in [6, 6.07) is 0. The molecule has 1 amide bonds. The van der Waals surface area contributed by atoms with Gasteiger partial charge in [-0.1, -0.05) is 39.0 Å². The molecule has 20 heavy (non-hydrogen) atoms. The number of ether oxygens (including phenoxy) is 1. The summed E-state index contributed by atoms with van der Waals surface area (Å²) in [5, 5.41) is 12.2. The first kappa shape index (κ1) is 17.0. The largest absolute Gasteiger partial charge is 0.480 e. The number of carboxylic acids is 1. The maximum absolute atomic E-state index is 12.1. The van der Waals surface area contributed by atoms with Crippen LogP contribution in [0.4, 0.5) is 0 Å². The maximum atomic E-state index is 12.1. The van der Waals surface area contributed by atoms with E-state index in [9.17, 15) is 14.7 Å². The number of rotatable bonds is 7. The van der Waals surface area contributed by atoms with Crippen LogP contribution < -0.4 is 5.32 Å². The van der Waals surface area contributed by atoms with Gasteiger partial charge < -0.3 is 15.2 Å². The summed E-state index contributed by atoms with van der Waals surface area (Å²) in [5.41, 5.74) is -1.10. The summed E-state index contributed by atoms with van der Waals surface area (Å²) in [6.45, 7) is 4.27. The molecule has 116 valence electrons. The quantitative estimate of drug-likeness (QED) is 0.556. The number of amides is 1. The minimum Gasteiger partial charge on any atom is -0.480 e. The van der Waals surface area contributed by atoms with Crippen LogP contribution in [0.15, 0.2) is 0 Å². The van der Waals surface area contributed by atoms with E-state index in [4.69, 9.17) is 4.74 Å². The fraction of sp³-hybridized carbons (Fsp3) is 0.867. The van der Waals surface area contributed by atoms with Crippen LogP contribution in [0.2, 0.25) is 0 Å². The summed E-state index contributed by atoms with van der Waals surface area (Å²) < 4.78 is 5.44. The molecule has 0 aromatic heterocycles. The zero-order valence-corrected chi connectivity index (χ0v) is 12.6. The highest BCUT2D eigenvalue weighted by Crippen LogP contribution is 2.27. The molecule has 0 aromatic rings. The number of hydrogen-bond acceptors (Lipinski definition) is 3. The van der Waals surface area contributed by atoms with Crippen molar-refractivity contribution in [3.63, 3.8) is 0 Å². The molecule has 1 saturated carbocycles. The van der Waals surface area contributed by atoms with Crippen molar-refractivity contribution in [3.05, 3.63) is 0 Å². The lowest BCUT2D eigenvalue weighted by molar-refractivity contribution is -0.150. The van der Waals surface area contributed by atoms with Crippen molar-refractivity contribution in [2.45, 2.75) is 76.9 Å². The van der Waals surface area contributed by atoms with Crippen LogP contribution in [0.1, 0.15) is 65.2 Å². The van der Waals surface area contributed by atoms with Gasteiger partial charge in [0.2, 0.25) is 5.91 Å². The third-order valence-corrected chi connectivity index (χ3v) is 3.96. The highest BCUT2D eigenvalue weighted by molar-refractivity contribution is 5.89. The third kappa shape index (κ3) is 4.78. The Labute approximate surface area is 121 Å².